The van der Waals surface area contributed by atoms with Crippen LogP contribution in [0.3, 0.4) is 0 Å². The average Bonchev–Trinajstić information content (AvgIpc) is 2.40. The van der Waals surface area contributed by atoms with Gasteiger partial charge in [-0.15, -0.1) is 0 Å². The number of hydrogen-bond acceptors (Lipinski definition) is 3. The summed E-state index contributed by atoms with van der Waals surface area (Å²) in [4.78, 5) is 4.75. The van der Waals surface area contributed by atoms with Crippen LogP contribution in [0.2, 0.25) is 0 Å². The summed E-state index contributed by atoms with van der Waals surface area (Å²) in [6, 6.07) is 6.77. The van der Waals surface area contributed by atoms with E-state index in [1.54, 1.807) is 0 Å². The smallest absolute Gasteiger partial charge is 0.123 e. The van der Waals surface area contributed by atoms with Gasteiger partial charge in [-0.3, -0.25) is 4.90 Å². The van der Waals surface area contributed by atoms with Crippen LogP contribution in [0.4, 0.5) is 10.1 Å². The van der Waals surface area contributed by atoms with Gasteiger partial charge in [0, 0.05) is 44.0 Å². The largest absolute Gasteiger partial charge is 0.369 e. The van der Waals surface area contributed by atoms with Gasteiger partial charge in [0.15, 0.2) is 0 Å². The first kappa shape index (κ1) is 15.3. The summed E-state index contributed by atoms with van der Waals surface area (Å²) in [5.41, 5.74) is 7.34. The standard InChI is InChI=1S/C16H26FN3/c1-3-8-16(2,18)13-19-9-11-20(12-10-19)15-6-4-14(17)5-7-15/h4-7H,3,8-13,18H2,1-2H3. The second-order valence-corrected chi connectivity index (χ2v) is 6.14. The Bertz CT molecular complexity index is 408. The number of nitrogens with two attached hydrogens (primary N) is 1. The lowest BCUT2D eigenvalue weighted by Gasteiger charge is -2.39. The van der Waals surface area contributed by atoms with E-state index in [4.69, 9.17) is 5.73 Å². The molecule has 1 unspecified atom stereocenters. The molecule has 1 aromatic rings. The van der Waals surface area contributed by atoms with Crippen LogP contribution >= 0.6 is 0 Å². The maximum atomic E-state index is 12.9. The first-order chi connectivity index (χ1) is 9.50. The van der Waals surface area contributed by atoms with Crippen LogP contribution in [0.5, 0.6) is 0 Å². The highest BCUT2D eigenvalue weighted by Gasteiger charge is 2.24. The van der Waals surface area contributed by atoms with Gasteiger partial charge in [-0.2, -0.15) is 0 Å². The fourth-order valence-corrected chi connectivity index (χ4v) is 2.98. The Kier molecular flexibility index (Phi) is 5.00. The van der Waals surface area contributed by atoms with Crippen molar-refractivity contribution in [3.05, 3.63) is 30.1 Å². The predicted molar refractivity (Wildman–Crippen MR) is 82.6 cm³/mol. The van der Waals surface area contributed by atoms with Gasteiger partial charge < -0.3 is 10.6 Å². The second kappa shape index (κ2) is 6.55. The highest BCUT2D eigenvalue weighted by molar-refractivity contribution is 5.46. The summed E-state index contributed by atoms with van der Waals surface area (Å²) in [5, 5.41) is 0. The lowest BCUT2D eigenvalue weighted by Crippen LogP contribution is -2.54. The van der Waals surface area contributed by atoms with E-state index < -0.39 is 0 Å². The fraction of sp³-hybridized carbons (Fsp3) is 0.625. The molecule has 112 valence electrons. The van der Waals surface area contributed by atoms with Crippen molar-refractivity contribution in [2.24, 2.45) is 5.73 Å². The Hall–Kier alpha value is -1.13. The Morgan fingerprint density at radius 1 is 1.15 bits per heavy atom. The van der Waals surface area contributed by atoms with E-state index in [0.29, 0.717) is 0 Å². The molecule has 1 fully saturated rings. The van der Waals surface area contributed by atoms with Crippen molar-refractivity contribution < 1.29 is 4.39 Å². The van der Waals surface area contributed by atoms with E-state index in [9.17, 15) is 4.39 Å². The van der Waals surface area contributed by atoms with Crippen LogP contribution in [0.15, 0.2) is 24.3 Å². The third-order valence-corrected chi connectivity index (χ3v) is 3.97. The number of halogens is 1. The monoisotopic (exact) mass is 279 g/mol. The van der Waals surface area contributed by atoms with Gasteiger partial charge in [0.25, 0.3) is 0 Å². The molecular weight excluding hydrogens is 253 g/mol. The molecule has 2 rings (SSSR count). The minimum absolute atomic E-state index is 0.0905. The number of piperazine rings is 1. The SMILES string of the molecule is CCCC(C)(N)CN1CCN(c2ccc(F)cc2)CC1. The summed E-state index contributed by atoms with van der Waals surface area (Å²) >= 11 is 0. The van der Waals surface area contributed by atoms with Crippen LogP contribution < -0.4 is 10.6 Å². The first-order valence-electron chi connectivity index (χ1n) is 7.52. The van der Waals surface area contributed by atoms with Crippen molar-refractivity contribution in [2.45, 2.75) is 32.2 Å². The van der Waals surface area contributed by atoms with Crippen molar-refractivity contribution in [3.63, 3.8) is 0 Å². The molecule has 20 heavy (non-hydrogen) atoms. The molecule has 1 atom stereocenters. The number of anilines is 1. The van der Waals surface area contributed by atoms with Crippen LogP contribution in [0.25, 0.3) is 0 Å². The molecule has 1 saturated heterocycles. The minimum Gasteiger partial charge on any atom is -0.369 e. The van der Waals surface area contributed by atoms with Crippen molar-refractivity contribution in [1.82, 2.24) is 4.90 Å². The second-order valence-electron chi connectivity index (χ2n) is 6.14. The predicted octanol–water partition coefficient (Wildman–Crippen LogP) is 2.47. The molecule has 3 nitrogen and oxygen atoms in total. The van der Waals surface area contributed by atoms with Crippen molar-refractivity contribution >= 4 is 5.69 Å². The molecule has 0 amide bonds. The van der Waals surface area contributed by atoms with Crippen molar-refractivity contribution in [2.75, 3.05) is 37.6 Å². The normalized spacial score (nSPS) is 19.9. The molecule has 4 heteroatoms. The summed E-state index contributed by atoms with van der Waals surface area (Å²) < 4.78 is 12.9. The van der Waals surface area contributed by atoms with E-state index in [1.165, 1.54) is 12.1 Å². The average molecular weight is 279 g/mol. The van der Waals surface area contributed by atoms with Crippen LogP contribution in [-0.4, -0.2) is 43.2 Å². The Balaban J connectivity index is 1.84. The molecule has 1 aliphatic heterocycles. The fourth-order valence-electron chi connectivity index (χ4n) is 2.98. The molecule has 2 N–H and O–H groups in total. The zero-order chi connectivity index (χ0) is 14.6. The number of benzene rings is 1. The molecule has 0 aromatic heterocycles. The van der Waals surface area contributed by atoms with Gasteiger partial charge in [-0.1, -0.05) is 13.3 Å². The summed E-state index contributed by atoms with van der Waals surface area (Å²) in [7, 11) is 0. The quantitative estimate of drug-likeness (QED) is 0.898. The zero-order valence-corrected chi connectivity index (χ0v) is 12.6. The van der Waals surface area contributed by atoms with E-state index >= 15 is 0 Å². The van der Waals surface area contributed by atoms with Crippen molar-refractivity contribution in [1.29, 1.82) is 0 Å². The maximum Gasteiger partial charge on any atom is 0.123 e. The van der Waals surface area contributed by atoms with Gasteiger partial charge in [0.1, 0.15) is 5.82 Å². The van der Waals surface area contributed by atoms with E-state index in [2.05, 4.69) is 23.6 Å². The molecule has 0 bridgehead atoms. The number of nitrogens with zero attached hydrogens (tertiary/aromatic N) is 2. The van der Waals surface area contributed by atoms with Gasteiger partial charge in [-0.05, 0) is 37.6 Å². The molecule has 1 aromatic carbocycles. The summed E-state index contributed by atoms with van der Waals surface area (Å²) in [6.07, 6.45) is 2.19. The highest BCUT2D eigenvalue weighted by atomic mass is 19.1. The third kappa shape index (κ3) is 4.18. The Labute approximate surface area is 121 Å². The number of rotatable bonds is 5. The maximum absolute atomic E-state index is 12.9. The third-order valence-electron chi connectivity index (χ3n) is 3.97. The van der Waals surface area contributed by atoms with Gasteiger partial charge >= 0.3 is 0 Å². The Morgan fingerprint density at radius 3 is 2.30 bits per heavy atom. The van der Waals surface area contributed by atoms with Gasteiger partial charge in [-0.25, -0.2) is 4.39 Å². The van der Waals surface area contributed by atoms with Gasteiger partial charge in [0.2, 0.25) is 0 Å². The lowest BCUT2D eigenvalue weighted by atomic mass is 9.96. The van der Waals surface area contributed by atoms with E-state index in [-0.39, 0.29) is 11.4 Å². The zero-order valence-electron chi connectivity index (χ0n) is 12.6. The summed E-state index contributed by atoms with van der Waals surface area (Å²) in [5.74, 6) is -0.175. The molecule has 1 heterocycles. The highest BCUT2D eigenvalue weighted by Crippen LogP contribution is 2.18. The topological polar surface area (TPSA) is 32.5 Å². The minimum atomic E-state index is -0.175. The first-order valence-corrected chi connectivity index (χ1v) is 7.52. The summed E-state index contributed by atoms with van der Waals surface area (Å²) in [6.45, 7) is 9.28. The number of hydrogen-bond donors (Lipinski definition) is 1. The lowest BCUT2D eigenvalue weighted by molar-refractivity contribution is 0.199. The van der Waals surface area contributed by atoms with E-state index in [1.807, 2.05) is 12.1 Å². The van der Waals surface area contributed by atoms with Crippen LogP contribution in [0.1, 0.15) is 26.7 Å². The van der Waals surface area contributed by atoms with Crippen LogP contribution in [-0.2, 0) is 0 Å². The van der Waals surface area contributed by atoms with Gasteiger partial charge in [0.05, 0.1) is 0 Å². The molecule has 1 aliphatic rings. The van der Waals surface area contributed by atoms with Crippen molar-refractivity contribution in [3.8, 4) is 0 Å². The molecule has 0 radical (unpaired) electrons. The molecular formula is C16H26FN3. The van der Waals surface area contributed by atoms with Crippen LogP contribution in [0, 0.1) is 5.82 Å². The molecule has 0 spiro atoms. The van der Waals surface area contributed by atoms with E-state index in [0.717, 1.165) is 51.3 Å². The molecule has 0 aliphatic carbocycles. The molecule has 0 saturated carbocycles. The Morgan fingerprint density at radius 2 is 1.75 bits per heavy atom.